The zero-order chi connectivity index (χ0) is 21.3. The maximum absolute atomic E-state index is 12.2. The van der Waals surface area contributed by atoms with Crippen LogP contribution >= 0.6 is 0 Å². The fourth-order valence-electron chi connectivity index (χ4n) is 3.86. The van der Waals surface area contributed by atoms with Gasteiger partial charge in [-0.15, -0.1) is 0 Å². The van der Waals surface area contributed by atoms with Gasteiger partial charge in [-0.2, -0.15) is 0 Å². The first-order valence-corrected chi connectivity index (χ1v) is 11.2. The minimum Gasteiger partial charge on any atom is -0.444 e. The van der Waals surface area contributed by atoms with Gasteiger partial charge < -0.3 is 15.2 Å². The molecular weight excluding hydrogens is 362 g/mol. The monoisotopic (exact) mass is 401 g/mol. The Bertz CT molecular complexity index is 660. The molecular formula is C25H39NO3. The van der Waals surface area contributed by atoms with Crippen LogP contribution in [0.2, 0.25) is 0 Å². The SMILES string of the molecule is CCCCCCCCc1ccc([C@H]2C=C[C@@](CO)(NC(=O)OC(C)(C)C)C2)cc1. The third-order valence-electron chi connectivity index (χ3n) is 5.49. The van der Waals surface area contributed by atoms with Gasteiger partial charge in [-0.05, 0) is 51.2 Å². The van der Waals surface area contributed by atoms with Gasteiger partial charge in [0.1, 0.15) is 5.60 Å². The van der Waals surface area contributed by atoms with E-state index in [4.69, 9.17) is 4.74 Å². The number of hydrogen-bond acceptors (Lipinski definition) is 3. The summed E-state index contributed by atoms with van der Waals surface area (Å²) in [6.45, 7) is 7.60. The Morgan fingerprint density at radius 2 is 1.79 bits per heavy atom. The zero-order valence-corrected chi connectivity index (χ0v) is 18.7. The van der Waals surface area contributed by atoms with E-state index >= 15 is 0 Å². The van der Waals surface area contributed by atoms with Crippen molar-refractivity contribution in [3.05, 3.63) is 47.5 Å². The van der Waals surface area contributed by atoms with Gasteiger partial charge in [0.15, 0.2) is 0 Å². The Morgan fingerprint density at radius 1 is 1.14 bits per heavy atom. The number of aryl methyl sites for hydroxylation is 1. The van der Waals surface area contributed by atoms with E-state index in [1.807, 2.05) is 26.8 Å². The molecule has 1 aromatic carbocycles. The Hall–Kier alpha value is -1.81. The van der Waals surface area contributed by atoms with Gasteiger partial charge in [-0.1, -0.05) is 75.4 Å². The van der Waals surface area contributed by atoms with Crippen molar-refractivity contribution in [2.75, 3.05) is 6.61 Å². The summed E-state index contributed by atoms with van der Waals surface area (Å²) in [5.74, 6) is 0.181. The molecule has 29 heavy (non-hydrogen) atoms. The molecule has 0 bridgehead atoms. The third-order valence-corrected chi connectivity index (χ3v) is 5.49. The predicted molar refractivity (Wildman–Crippen MR) is 119 cm³/mol. The smallest absolute Gasteiger partial charge is 0.408 e. The lowest BCUT2D eigenvalue weighted by atomic mass is 9.90. The molecule has 1 amide bonds. The highest BCUT2D eigenvalue weighted by Crippen LogP contribution is 2.35. The number of hydrogen-bond donors (Lipinski definition) is 2. The predicted octanol–water partition coefficient (Wildman–Crippen LogP) is 5.89. The molecule has 1 aliphatic carbocycles. The standard InChI is InChI=1S/C25H39NO3/c1-5-6-7-8-9-10-11-20-12-14-21(15-13-20)22-16-17-25(18-22,19-27)26-23(28)29-24(2,3)4/h12-17,22,27H,5-11,18-19H2,1-4H3,(H,26,28)/t22-,25+/m0/s1. The van der Waals surface area contributed by atoms with E-state index in [2.05, 4.69) is 42.6 Å². The fourth-order valence-corrected chi connectivity index (χ4v) is 3.86. The van der Waals surface area contributed by atoms with Crippen molar-refractivity contribution in [3.8, 4) is 0 Å². The van der Waals surface area contributed by atoms with Crippen molar-refractivity contribution < 1.29 is 14.6 Å². The topological polar surface area (TPSA) is 58.6 Å². The summed E-state index contributed by atoms with van der Waals surface area (Å²) in [5.41, 5.74) is 1.28. The van der Waals surface area contributed by atoms with Gasteiger partial charge >= 0.3 is 6.09 Å². The number of amides is 1. The second-order valence-electron chi connectivity index (χ2n) is 9.37. The van der Waals surface area contributed by atoms with E-state index in [0.29, 0.717) is 6.42 Å². The van der Waals surface area contributed by atoms with Gasteiger partial charge in [0.25, 0.3) is 0 Å². The summed E-state index contributed by atoms with van der Waals surface area (Å²) >= 11 is 0. The highest BCUT2D eigenvalue weighted by molar-refractivity contribution is 5.69. The second-order valence-corrected chi connectivity index (χ2v) is 9.37. The van der Waals surface area contributed by atoms with Crippen molar-refractivity contribution in [1.82, 2.24) is 5.32 Å². The molecule has 0 radical (unpaired) electrons. The molecule has 2 atom stereocenters. The number of aliphatic hydroxyl groups is 1. The molecule has 0 spiro atoms. The minimum atomic E-state index is -0.760. The Kier molecular flexibility index (Phi) is 8.76. The van der Waals surface area contributed by atoms with Crippen LogP contribution in [-0.4, -0.2) is 28.9 Å². The Labute approximate surface area is 176 Å². The van der Waals surface area contributed by atoms with Crippen LogP contribution in [0.4, 0.5) is 4.79 Å². The molecule has 0 aromatic heterocycles. The second kappa shape index (κ2) is 10.8. The van der Waals surface area contributed by atoms with Gasteiger partial charge in [0.2, 0.25) is 0 Å². The number of rotatable bonds is 10. The number of benzene rings is 1. The molecule has 1 aliphatic rings. The maximum Gasteiger partial charge on any atom is 0.408 e. The van der Waals surface area contributed by atoms with E-state index in [1.165, 1.54) is 49.7 Å². The number of carbonyl (C=O) groups is 1. The number of allylic oxidation sites excluding steroid dienone is 1. The van der Waals surface area contributed by atoms with Crippen LogP contribution in [0.15, 0.2) is 36.4 Å². The number of aliphatic hydroxyl groups excluding tert-OH is 1. The molecule has 2 rings (SSSR count). The normalized spacial score (nSPS) is 21.3. The summed E-state index contributed by atoms with van der Waals surface area (Å²) in [7, 11) is 0. The molecule has 4 nitrogen and oxygen atoms in total. The Morgan fingerprint density at radius 3 is 2.41 bits per heavy atom. The zero-order valence-electron chi connectivity index (χ0n) is 18.7. The lowest BCUT2D eigenvalue weighted by molar-refractivity contribution is 0.0437. The van der Waals surface area contributed by atoms with Crippen LogP contribution in [0.25, 0.3) is 0 Å². The average Bonchev–Trinajstić information content (AvgIpc) is 3.08. The molecule has 1 aromatic rings. The first kappa shape index (κ1) is 23.5. The van der Waals surface area contributed by atoms with E-state index in [1.54, 1.807) is 0 Å². The molecule has 0 saturated heterocycles. The third kappa shape index (κ3) is 7.85. The first-order chi connectivity index (χ1) is 13.8. The molecule has 162 valence electrons. The summed E-state index contributed by atoms with van der Waals surface area (Å²) in [6, 6.07) is 8.80. The fraction of sp³-hybridized carbons (Fsp3) is 0.640. The van der Waals surface area contributed by atoms with E-state index in [0.717, 1.165) is 6.42 Å². The minimum absolute atomic E-state index is 0.143. The summed E-state index contributed by atoms with van der Waals surface area (Å²) in [6.07, 6.45) is 13.2. The van der Waals surface area contributed by atoms with Crippen molar-refractivity contribution in [1.29, 1.82) is 0 Å². The van der Waals surface area contributed by atoms with Crippen molar-refractivity contribution in [2.24, 2.45) is 0 Å². The van der Waals surface area contributed by atoms with E-state index in [-0.39, 0.29) is 12.5 Å². The van der Waals surface area contributed by atoms with Gasteiger partial charge in [-0.25, -0.2) is 4.79 Å². The summed E-state index contributed by atoms with van der Waals surface area (Å²) < 4.78 is 5.36. The molecule has 0 aliphatic heterocycles. The van der Waals surface area contributed by atoms with Gasteiger partial charge in [0.05, 0.1) is 12.1 Å². The van der Waals surface area contributed by atoms with Crippen molar-refractivity contribution in [2.45, 2.75) is 96.1 Å². The number of unbranched alkanes of at least 4 members (excludes halogenated alkanes) is 5. The van der Waals surface area contributed by atoms with Crippen LogP contribution in [-0.2, 0) is 11.2 Å². The van der Waals surface area contributed by atoms with Gasteiger partial charge in [-0.3, -0.25) is 0 Å². The van der Waals surface area contributed by atoms with E-state index < -0.39 is 17.2 Å². The van der Waals surface area contributed by atoms with Crippen LogP contribution in [0.1, 0.15) is 89.7 Å². The number of ether oxygens (including phenoxy) is 1. The maximum atomic E-state index is 12.2. The van der Waals surface area contributed by atoms with Crippen molar-refractivity contribution in [3.63, 3.8) is 0 Å². The molecule has 0 saturated carbocycles. The number of carbonyl (C=O) groups excluding carboxylic acids is 1. The summed E-state index contributed by atoms with van der Waals surface area (Å²) in [4.78, 5) is 12.2. The van der Waals surface area contributed by atoms with Crippen LogP contribution in [0.5, 0.6) is 0 Å². The van der Waals surface area contributed by atoms with Crippen LogP contribution < -0.4 is 5.32 Å². The first-order valence-electron chi connectivity index (χ1n) is 11.2. The number of nitrogens with one attached hydrogen (secondary N) is 1. The van der Waals surface area contributed by atoms with Gasteiger partial charge in [0, 0.05) is 5.92 Å². The summed E-state index contributed by atoms with van der Waals surface area (Å²) in [5, 5.41) is 12.8. The average molecular weight is 402 g/mol. The molecule has 0 fully saturated rings. The van der Waals surface area contributed by atoms with Crippen LogP contribution in [0, 0.1) is 0 Å². The molecule has 2 N–H and O–H groups in total. The molecule has 0 heterocycles. The quantitative estimate of drug-likeness (QED) is 0.380. The highest BCUT2D eigenvalue weighted by Gasteiger charge is 2.37. The molecule has 0 unspecified atom stereocenters. The van der Waals surface area contributed by atoms with E-state index in [9.17, 15) is 9.90 Å². The van der Waals surface area contributed by atoms with Crippen LogP contribution in [0.3, 0.4) is 0 Å². The number of alkyl carbamates (subject to hydrolysis) is 1. The Balaban J connectivity index is 1.85. The largest absolute Gasteiger partial charge is 0.444 e. The highest BCUT2D eigenvalue weighted by atomic mass is 16.6. The molecule has 4 heteroatoms. The lowest BCUT2D eigenvalue weighted by Crippen LogP contribution is -2.50. The lowest BCUT2D eigenvalue weighted by Gasteiger charge is -2.29. The van der Waals surface area contributed by atoms with Crippen molar-refractivity contribution >= 4 is 6.09 Å².